The van der Waals surface area contributed by atoms with Gasteiger partial charge in [0.15, 0.2) is 0 Å². The number of rotatable bonds is 3. The molecule has 0 aliphatic carbocycles. The van der Waals surface area contributed by atoms with E-state index in [1.165, 1.54) is 0 Å². The standard InChI is InChI=1S/C15H12O3S/c16-11-2-1-3-13(6-11)18-8-10-9-19-15-5-4-12(17)7-14(10)15/h1-7,9,16-17H,8H2. The SMILES string of the molecule is Oc1cccc(OCc2csc3ccc(O)cc23)c1. The summed E-state index contributed by atoms with van der Waals surface area (Å²) in [5.74, 6) is 1.06. The number of phenols is 2. The highest BCUT2D eigenvalue weighted by Gasteiger charge is 2.06. The topological polar surface area (TPSA) is 49.7 Å². The molecule has 0 saturated carbocycles. The summed E-state index contributed by atoms with van der Waals surface area (Å²) in [7, 11) is 0. The van der Waals surface area contributed by atoms with Crippen LogP contribution >= 0.6 is 11.3 Å². The van der Waals surface area contributed by atoms with Crippen molar-refractivity contribution in [3.63, 3.8) is 0 Å². The first-order valence-corrected chi connectivity index (χ1v) is 6.71. The summed E-state index contributed by atoms with van der Waals surface area (Å²) in [6, 6.07) is 12.0. The molecule has 0 saturated heterocycles. The Kier molecular flexibility index (Phi) is 3.01. The number of hydrogen-bond donors (Lipinski definition) is 2. The van der Waals surface area contributed by atoms with Gasteiger partial charge in [0.05, 0.1) is 0 Å². The Morgan fingerprint density at radius 1 is 1.00 bits per heavy atom. The average molecular weight is 272 g/mol. The normalized spacial score (nSPS) is 10.7. The third-order valence-corrected chi connectivity index (χ3v) is 3.86. The number of ether oxygens (including phenoxy) is 1. The van der Waals surface area contributed by atoms with Crippen LogP contribution in [0.25, 0.3) is 10.1 Å². The van der Waals surface area contributed by atoms with Gasteiger partial charge in [-0.2, -0.15) is 0 Å². The molecule has 0 aliphatic rings. The van der Waals surface area contributed by atoms with E-state index in [9.17, 15) is 10.2 Å². The zero-order valence-corrected chi connectivity index (χ0v) is 10.9. The van der Waals surface area contributed by atoms with Gasteiger partial charge < -0.3 is 14.9 Å². The molecule has 3 aromatic rings. The molecule has 2 aromatic carbocycles. The van der Waals surface area contributed by atoms with Crippen molar-refractivity contribution in [2.45, 2.75) is 6.61 Å². The molecule has 0 aliphatic heterocycles. The molecule has 19 heavy (non-hydrogen) atoms. The molecule has 0 spiro atoms. The Bertz CT molecular complexity index is 718. The van der Waals surface area contributed by atoms with Gasteiger partial charge in [-0.15, -0.1) is 11.3 Å². The lowest BCUT2D eigenvalue weighted by Crippen LogP contribution is -1.93. The Hall–Kier alpha value is -2.20. The minimum Gasteiger partial charge on any atom is -0.508 e. The van der Waals surface area contributed by atoms with E-state index >= 15 is 0 Å². The van der Waals surface area contributed by atoms with Crippen LogP contribution in [-0.4, -0.2) is 10.2 Å². The predicted octanol–water partition coefficient (Wildman–Crippen LogP) is 3.89. The van der Waals surface area contributed by atoms with Crippen LogP contribution in [0.4, 0.5) is 0 Å². The summed E-state index contributed by atoms with van der Waals surface area (Å²) in [6.07, 6.45) is 0. The van der Waals surface area contributed by atoms with Crippen molar-refractivity contribution in [2.24, 2.45) is 0 Å². The largest absolute Gasteiger partial charge is 0.508 e. The summed E-state index contributed by atoms with van der Waals surface area (Å²) in [5.41, 5.74) is 1.03. The van der Waals surface area contributed by atoms with E-state index in [1.54, 1.807) is 47.7 Å². The van der Waals surface area contributed by atoms with Gasteiger partial charge >= 0.3 is 0 Å². The van der Waals surface area contributed by atoms with Crippen LogP contribution in [0.2, 0.25) is 0 Å². The minimum atomic E-state index is 0.185. The lowest BCUT2D eigenvalue weighted by Gasteiger charge is -2.05. The van der Waals surface area contributed by atoms with E-state index in [0.717, 1.165) is 15.6 Å². The first kappa shape index (κ1) is 11.9. The number of hydrogen-bond acceptors (Lipinski definition) is 4. The van der Waals surface area contributed by atoms with E-state index in [1.807, 2.05) is 11.4 Å². The quantitative estimate of drug-likeness (QED) is 0.760. The van der Waals surface area contributed by atoms with Crippen LogP contribution in [0, 0.1) is 0 Å². The summed E-state index contributed by atoms with van der Waals surface area (Å²) in [6.45, 7) is 0.410. The van der Waals surface area contributed by atoms with Crippen molar-refractivity contribution < 1.29 is 14.9 Å². The van der Waals surface area contributed by atoms with Crippen LogP contribution in [0.5, 0.6) is 17.2 Å². The van der Waals surface area contributed by atoms with Gasteiger partial charge in [0.2, 0.25) is 0 Å². The van der Waals surface area contributed by atoms with Gasteiger partial charge in [-0.05, 0) is 35.7 Å². The number of benzene rings is 2. The Balaban J connectivity index is 1.84. The molecule has 0 unspecified atom stereocenters. The monoisotopic (exact) mass is 272 g/mol. The van der Waals surface area contributed by atoms with Crippen LogP contribution < -0.4 is 4.74 Å². The maximum Gasteiger partial charge on any atom is 0.123 e. The van der Waals surface area contributed by atoms with Crippen molar-refractivity contribution in [3.05, 3.63) is 53.4 Å². The summed E-state index contributed by atoms with van der Waals surface area (Å²) < 4.78 is 6.76. The van der Waals surface area contributed by atoms with E-state index in [4.69, 9.17) is 4.74 Å². The van der Waals surface area contributed by atoms with Gasteiger partial charge in [0.25, 0.3) is 0 Å². The molecule has 1 aromatic heterocycles. The summed E-state index contributed by atoms with van der Waals surface area (Å²) in [5, 5.41) is 21.9. The first-order chi connectivity index (χ1) is 9.22. The molecular weight excluding hydrogens is 260 g/mol. The third kappa shape index (κ3) is 2.48. The Morgan fingerprint density at radius 3 is 2.68 bits per heavy atom. The van der Waals surface area contributed by atoms with E-state index in [0.29, 0.717) is 12.4 Å². The molecule has 2 N–H and O–H groups in total. The molecule has 4 heteroatoms. The van der Waals surface area contributed by atoms with Crippen molar-refractivity contribution in [2.75, 3.05) is 0 Å². The highest BCUT2D eigenvalue weighted by Crippen LogP contribution is 2.30. The second-order valence-corrected chi connectivity index (χ2v) is 5.14. The van der Waals surface area contributed by atoms with Crippen molar-refractivity contribution >= 4 is 21.4 Å². The molecule has 3 rings (SSSR count). The van der Waals surface area contributed by atoms with E-state index < -0.39 is 0 Å². The average Bonchev–Trinajstić information content (AvgIpc) is 2.79. The fraction of sp³-hybridized carbons (Fsp3) is 0.0667. The molecule has 0 bridgehead atoms. The molecule has 0 fully saturated rings. The Labute approximate surface area is 114 Å². The first-order valence-electron chi connectivity index (χ1n) is 5.83. The number of aromatic hydroxyl groups is 2. The fourth-order valence-electron chi connectivity index (χ4n) is 1.92. The highest BCUT2D eigenvalue weighted by molar-refractivity contribution is 7.17. The maximum absolute atomic E-state index is 9.53. The number of fused-ring (bicyclic) bond motifs is 1. The number of phenolic OH excluding ortho intramolecular Hbond substituents is 2. The smallest absolute Gasteiger partial charge is 0.123 e. The van der Waals surface area contributed by atoms with Crippen LogP contribution in [-0.2, 0) is 6.61 Å². The van der Waals surface area contributed by atoms with Gasteiger partial charge in [-0.3, -0.25) is 0 Å². The van der Waals surface area contributed by atoms with Crippen molar-refractivity contribution in [1.29, 1.82) is 0 Å². The summed E-state index contributed by atoms with van der Waals surface area (Å²) in [4.78, 5) is 0. The van der Waals surface area contributed by atoms with Crippen molar-refractivity contribution in [1.82, 2.24) is 0 Å². The van der Waals surface area contributed by atoms with Gasteiger partial charge in [0.1, 0.15) is 23.9 Å². The minimum absolute atomic E-state index is 0.185. The molecule has 3 nitrogen and oxygen atoms in total. The molecule has 1 heterocycles. The van der Waals surface area contributed by atoms with Crippen LogP contribution in [0.15, 0.2) is 47.8 Å². The fourth-order valence-corrected chi connectivity index (χ4v) is 2.84. The van der Waals surface area contributed by atoms with Crippen molar-refractivity contribution in [3.8, 4) is 17.2 Å². The molecular formula is C15H12O3S. The molecule has 96 valence electrons. The van der Waals surface area contributed by atoms with E-state index in [2.05, 4.69) is 0 Å². The Morgan fingerprint density at radius 2 is 1.84 bits per heavy atom. The lowest BCUT2D eigenvalue weighted by molar-refractivity contribution is 0.306. The predicted molar refractivity (Wildman–Crippen MR) is 75.9 cm³/mol. The second kappa shape index (κ2) is 4.82. The lowest BCUT2D eigenvalue weighted by atomic mass is 10.2. The van der Waals surface area contributed by atoms with Gasteiger partial charge in [0, 0.05) is 21.7 Å². The zero-order chi connectivity index (χ0) is 13.2. The zero-order valence-electron chi connectivity index (χ0n) is 10.0. The maximum atomic E-state index is 9.53. The molecule has 0 amide bonds. The van der Waals surface area contributed by atoms with Gasteiger partial charge in [-0.1, -0.05) is 6.07 Å². The highest BCUT2D eigenvalue weighted by atomic mass is 32.1. The van der Waals surface area contributed by atoms with Gasteiger partial charge in [-0.25, -0.2) is 0 Å². The molecule has 0 atom stereocenters. The second-order valence-electron chi connectivity index (χ2n) is 4.23. The van der Waals surface area contributed by atoms with Crippen LogP contribution in [0.1, 0.15) is 5.56 Å². The molecule has 0 radical (unpaired) electrons. The van der Waals surface area contributed by atoms with E-state index in [-0.39, 0.29) is 11.5 Å². The van der Waals surface area contributed by atoms with Crippen LogP contribution in [0.3, 0.4) is 0 Å². The summed E-state index contributed by atoms with van der Waals surface area (Å²) >= 11 is 1.62. The number of thiophene rings is 1. The third-order valence-electron chi connectivity index (χ3n) is 2.85.